The van der Waals surface area contributed by atoms with Crippen molar-refractivity contribution in [2.75, 3.05) is 0 Å². The molecule has 0 saturated carbocycles. The van der Waals surface area contributed by atoms with E-state index in [0.29, 0.717) is 17.3 Å². The van der Waals surface area contributed by atoms with Gasteiger partial charge in [0.1, 0.15) is 11.5 Å². The van der Waals surface area contributed by atoms with Crippen LogP contribution in [0, 0.1) is 5.92 Å². The van der Waals surface area contributed by atoms with Gasteiger partial charge in [-0.1, -0.05) is 0 Å². The lowest BCUT2D eigenvalue weighted by atomic mass is 9.99. The fourth-order valence-electron chi connectivity index (χ4n) is 2.09. The number of fused-ring (bicyclic) bond motifs is 1. The highest BCUT2D eigenvalue weighted by molar-refractivity contribution is 5.47. The molecule has 0 aliphatic carbocycles. The molecular formula is C9H9F3N6. The van der Waals surface area contributed by atoms with Gasteiger partial charge in [0.15, 0.2) is 5.82 Å². The van der Waals surface area contributed by atoms with Gasteiger partial charge < -0.3 is 4.57 Å². The van der Waals surface area contributed by atoms with Crippen LogP contribution in [0.5, 0.6) is 0 Å². The number of H-pyrrole nitrogens is 1. The molecule has 0 amide bonds. The molecule has 0 fully saturated rings. The number of rotatable bonds is 1. The second-order valence-electron chi connectivity index (χ2n) is 4.18. The van der Waals surface area contributed by atoms with E-state index >= 15 is 0 Å². The van der Waals surface area contributed by atoms with Gasteiger partial charge in [-0.3, -0.25) is 0 Å². The van der Waals surface area contributed by atoms with Gasteiger partial charge in [0.05, 0.1) is 12.1 Å². The van der Waals surface area contributed by atoms with Crippen molar-refractivity contribution in [1.29, 1.82) is 0 Å². The number of aromatic nitrogens is 6. The minimum atomic E-state index is -4.19. The first kappa shape index (κ1) is 11.2. The minimum Gasteiger partial charge on any atom is -0.309 e. The topological polar surface area (TPSA) is 72.3 Å². The molecule has 1 N–H and O–H groups in total. The fraction of sp³-hybridized carbons (Fsp3) is 0.556. The van der Waals surface area contributed by atoms with Gasteiger partial charge in [-0.15, -0.1) is 10.2 Å². The van der Waals surface area contributed by atoms with Gasteiger partial charge in [0.25, 0.3) is 0 Å². The smallest absolute Gasteiger partial charge is 0.309 e. The molecule has 2 aromatic heterocycles. The number of alkyl halides is 3. The van der Waals surface area contributed by atoms with Crippen LogP contribution in [0.2, 0.25) is 0 Å². The normalized spacial score (nSPS) is 19.8. The van der Waals surface area contributed by atoms with Gasteiger partial charge >= 0.3 is 6.18 Å². The van der Waals surface area contributed by atoms with Gasteiger partial charge in [-0.2, -0.15) is 28.6 Å². The van der Waals surface area contributed by atoms with Crippen molar-refractivity contribution >= 4 is 0 Å². The van der Waals surface area contributed by atoms with Crippen LogP contribution in [0.1, 0.15) is 12.2 Å². The summed E-state index contributed by atoms with van der Waals surface area (Å²) < 4.78 is 39.7. The zero-order valence-corrected chi connectivity index (χ0v) is 9.15. The Hall–Kier alpha value is -1.93. The maximum atomic E-state index is 12.7. The van der Waals surface area contributed by atoms with Crippen LogP contribution < -0.4 is 0 Å². The Kier molecular flexibility index (Phi) is 2.35. The molecule has 0 bridgehead atoms. The lowest BCUT2D eigenvalue weighted by molar-refractivity contribution is -0.182. The van der Waals surface area contributed by atoms with E-state index in [9.17, 15) is 13.2 Å². The van der Waals surface area contributed by atoms with Crippen molar-refractivity contribution in [1.82, 2.24) is 30.2 Å². The highest BCUT2D eigenvalue weighted by Crippen LogP contribution is 2.35. The number of nitrogens with one attached hydrogen (secondary N) is 1. The van der Waals surface area contributed by atoms with Crippen molar-refractivity contribution in [3.05, 3.63) is 12.0 Å². The summed E-state index contributed by atoms with van der Waals surface area (Å²) in [5.41, 5.74) is 0.400. The summed E-state index contributed by atoms with van der Waals surface area (Å²) in [5.74, 6) is -0.465. The zero-order chi connectivity index (χ0) is 12.8. The Morgan fingerprint density at radius 3 is 2.83 bits per heavy atom. The molecule has 6 nitrogen and oxygen atoms in total. The standard InChI is InChI=1S/C9H9F3N6/c10-9(11,12)5-1-2-7-15-16-8(18(7)4-5)6-3-13-17-14-6/h3,5H,1-2,4H2,(H,13,14,17). The summed E-state index contributed by atoms with van der Waals surface area (Å²) in [6.45, 7) is -0.159. The lowest BCUT2D eigenvalue weighted by Gasteiger charge is -2.25. The summed E-state index contributed by atoms with van der Waals surface area (Å²) in [6, 6.07) is 0. The van der Waals surface area contributed by atoms with Crippen molar-refractivity contribution in [3.63, 3.8) is 0 Å². The van der Waals surface area contributed by atoms with Gasteiger partial charge in [0, 0.05) is 13.0 Å². The van der Waals surface area contributed by atoms with Gasteiger partial charge in [-0.25, -0.2) is 0 Å². The monoisotopic (exact) mass is 258 g/mol. The average Bonchev–Trinajstić information content (AvgIpc) is 2.95. The minimum absolute atomic E-state index is 0.0560. The molecular weight excluding hydrogens is 249 g/mol. The predicted octanol–water partition coefficient (Wildman–Crippen LogP) is 1.19. The molecule has 96 valence electrons. The molecule has 0 aromatic carbocycles. The third-order valence-electron chi connectivity index (χ3n) is 3.05. The van der Waals surface area contributed by atoms with Crippen LogP contribution in [0.4, 0.5) is 13.2 Å². The lowest BCUT2D eigenvalue weighted by Crippen LogP contribution is -2.32. The summed E-state index contributed by atoms with van der Waals surface area (Å²) in [5, 5.41) is 17.6. The largest absolute Gasteiger partial charge is 0.393 e. The van der Waals surface area contributed by atoms with Crippen LogP contribution in [-0.4, -0.2) is 36.4 Å². The highest BCUT2D eigenvalue weighted by atomic mass is 19.4. The Morgan fingerprint density at radius 2 is 2.17 bits per heavy atom. The van der Waals surface area contributed by atoms with Crippen molar-refractivity contribution in [2.45, 2.75) is 25.6 Å². The second-order valence-corrected chi connectivity index (χ2v) is 4.18. The number of hydrogen-bond donors (Lipinski definition) is 1. The molecule has 0 radical (unpaired) electrons. The Labute approximate surface area is 99.2 Å². The quantitative estimate of drug-likeness (QED) is 0.833. The van der Waals surface area contributed by atoms with Crippen molar-refractivity contribution in [3.8, 4) is 11.5 Å². The van der Waals surface area contributed by atoms with E-state index in [-0.39, 0.29) is 19.4 Å². The molecule has 18 heavy (non-hydrogen) atoms. The number of aryl methyl sites for hydroxylation is 1. The van der Waals surface area contributed by atoms with E-state index in [2.05, 4.69) is 25.6 Å². The first-order chi connectivity index (χ1) is 8.55. The number of aromatic amines is 1. The molecule has 1 aliphatic heterocycles. The number of hydrogen-bond acceptors (Lipinski definition) is 4. The summed E-state index contributed by atoms with van der Waals surface area (Å²) in [7, 11) is 0. The molecule has 3 heterocycles. The average molecular weight is 258 g/mol. The van der Waals surface area contributed by atoms with Crippen molar-refractivity contribution < 1.29 is 13.2 Å². The fourth-order valence-corrected chi connectivity index (χ4v) is 2.09. The molecule has 9 heteroatoms. The first-order valence-corrected chi connectivity index (χ1v) is 5.40. The van der Waals surface area contributed by atoms with E-state index in [4.69, 9.17) is 0 Å². The van der Waals surface area contributed by atoms with E-state index in [1.54, 1.807) is 0 Å². The van der Waals surface area contributed by atoms with Crippen LogP contribution in [0.3, 0.4) is 0 Å². The Bertz CT molecular complexity index is 543. The Balaban J connectivity index is 1.97. The molecule has 0 spiro atoms. The summed E-state index contributed by atoms with van der Waals surface area (Å²) in [4.78, 5) is 0. The van der Waals surface area contributed by atoms with Crippen molar-refractivity contribution in [2.24, 2.45) is 5.92 Å². The van der Waals surface area contributed by atoms with E-state index in [1.165, 1.54) is 10.8 Å². The van der Waals surface area contributed by atoms with E-state index in [1.807, 2.05) is 0 Å². The van der Waals surface area contributed by atoms with E-state index < -0.39 is 12.1 Å². The maximum Gasteiger partial charge on any atom is 0.393 e. The van der Waals surface area contributed by atoms with Gasteiger partial charge in [-0.05, 0) is 6.42 Å². The third kappa shape index (κ3) is 1.75. The van der Waals surface area contributed by atoms with Gasteiger partial charge in [0.2, 0.25) is 0 Å². The predicted molar refractivity (Wildman–Crippen MR) is 53.3 cm³/mol. The van der Waals surface area contributed by atoms with Crippen LogP contribution in [-0.2, 0) is 13.0 Å². The van der Waals surface area contributed by atoms with Crippen LogP contribution in [0.25, 0.3) is 11.5 Å². The molecule has 3 rings (SSSR count). The number of nitrogens with zero attached hydrogens (tertiary/aromatic N) is 5. The van der Waals surface area contributed by atoms with Crippen LogP contribution in [0.15, 0.2) is 6.20 Å². The second kappa shape index (κ2) is 3.79. The first-order valence-electron chi connectivity index (χ1n) is 5.40. The molecule has 1 unspecified atom stereocenters. The molecule has 2 aromatic rings. The van der Waals surface area contributed by atoms with E-state index in [0.717, 1.165) is 0 Å². The SMILES string of the molecule is FC(F)(F)C1CCc2nnc(-c3cn[nH]n3)n2C1. The van der Waals surface area contributed by atoms with Crippen LogP contribution >= 0.6 is 0 Å². The summed E-state index contributed by atoms with van der Waals surface area (Å²) in [6.07, 6.45) is -2.45. The maximum absolute atomic E-state index is 12.7. The molecule has 1 atom stereocenters. The third-order valence-corrected chi connectivity index (χ3v) is 3.05. The molecule has 0 saturated heterocycles. The highest BCUT2D eigenvalue weighted by Gasteiger charge is 2.42. The Morgan fingerprint density at radius 1 is 1.33 bits per heavy atom. The zero-order valence-electron chi connectivity index (χ0n) is 9.15. The number of halogens is 3. The summed E-state index contributed by atoms with van der Waals surface area (Å²) >= 11 is 0. The molecule has 1 aliphatic rings.